The minimum absolute atomic E-state index is 0.207. The summed E-state index contributed by atoms with van der Waals surface area (Å²) in [4.78, 5) is 8.22. The zero-order valence-corrected chi connectivity index (χ0v) is 10.1. The van der Waals surface area contributed by atoms with E-state index in [0.29, 0.717) is 17.3 Å². The summed E-state index contributed by atoms with van der Waals surface area (Å²) in [5.74, 6) is 1.10. The molecule has 0 aliphatic heterocycles. The molecule has 0 N–H and O–H groups in total. The van der Waals surface area contributed by atoms with Gasteiger partial charge in [-0.15, -0.1) is 0 Å². The van der Waals surface area contributed by atoms with Gasteiger partial charge in [0.25, 0.3) is 0 Å². The lowest BCUT2D eigenvalue weighted by atomic mass is 10.1. The molecule has 90 valence electrons. The molecule has 0 spiro atoms. The summed E-state index contributed by atoms with van der Waals surface area (Å²) >= 11 is 0. The highest BCUT2D eigenvalue weighted by Gasteiger charge is 2.16. The van der Waals surface area contributed by atoms with Gasteiger partial charge in [0, 0.05) is 0 Å². The summed E-state index contributed by atoms with van der Waals surface area (Å²) in [6.07, 6.45) is 8.85. The van der Waals surface area contributed by atoms with Gasteiger partial charge in [-0.25, -0.2) is 4.98 Å². The molecule has 0 radical (unpaired) electrons. The van der Waals surface area contributed by atoms with E-state index in [1.165, 1.54) is 31.9 Å². The molecule has 0 aromatic carbocycles. The lowest BCUT2D eigenvalue weighted by Crippen LogP contribution is -2.17. The van der Waals surface area contributed by atoms with Crippen molar-refractivity contribution in [2.75, 3.05) is 0 Å². The highest BCUT2D eigenvalue weighted by molar-refractivity contribution is 5.35. The Morgan fingerprint density at radius 1 is 1.29 bits per heavy atom. The van der Waals surface area contributed by atoms with Gasteiger partial charge in [0.2, 0.25) is 5.88 Å². The predicted molar refractivity (Wildman–Crippen MR) is 63.6 cm³/mol. The Morgan fingerprint density at radius 3 is 2.65 bits per heavy atom. The lowest BCUT2D eigenvalue weighted by molar-refractivity contribution is 0.175. The fraction of sp³-hybridized carbons (Fsp3) is 0.615. The van der Waals surface area contributed by atoms with E-state index in [2.05, 4.69) is 16.0 Å². The highest BCUT2D eigenvalue weighted by Crippen LogP contribution is 2.23. The molecule has 1 fully saturated rings. The lowest BCUT2D eigenvalue weighted by Gasteiger charge is -2.16. The Bertz CT molecular complexity index is 417. The number of nitrogens with zero attached hydrogens (tertiary/aromatic N) is 3. The Kier molecular flexibility index (Phi) is 3.92. The van der Waals surface area contributed by atoms with Gasteiger partial charge in [-0.3, -0.25) is 0 Å². The summed E-state index contributed by atoms with van der Waals surface area (Å²) in [5.41, 5.74) is 0.430. The molecule has 0 bridgehead atoms. The monoisotopic (exact) mass is 231 g/mol. The Balaban J connectivity index is 2.11. The van der Waals surface area contributed by atoms with E-state index in [0.717, 1.165) is 12.8 Å². The summed E-state index contributed by atoms with van der Waals surface area (Å²) < 4.78 is 5.86. The van der Waals surface area contributed by atoms with Crippen LogP contribution in [0.15, 0.2) is 6.20 Å². The van der Waals surface area contributed by atoms with Crippen LogP contribution in [-0.2, 0) is 0 Å². The third-order valence-electron chi connectivity index (χ3n) is 3.08. The van der Waals surface area contributed by atoms with Crippen LogP contribution in [0.2, 0.25) is 0 Å². The van der Waals surface area contributed by atoms with Crippen LogP contribution in [0.3, 0.4) is 0 Å². The number of rotatable bonds is 2. The molecule has 17 heavy (non-hydrogen) atoms. The molecule has 1 aromatic rings. The van der Waals surface area contributed by atoms with Gasteiger partial charge in [-0.1, -0.05) is 12.8 Å². The van der Waals surface area contributed by atoms with Crippen molar-refractivity contribution < 1.29 is 4.74 Å². The number of ether oxygens (including phenoxy) is 1. The Hall–Kier alpha value is -1.63. The van der Waals surface area contributed by atoms with Crippen LogP contribution in [0.1, 0.15) is 49.9 Å². The van der Waals surface area contributed by atoms with E-state index in [4.69, 9.17) is 10.00 Å². The van der Waals surface area contributed by atoms with Crippen molar-refractivity contribution in [3.8, 4) is 11.9 Å². The molecule has 0 saturated heterocycles. The van der Waals surface area contributed by atoms with Crippen LogP contribution in [0, 0.1) is 18.3 Å². The van der Waals surface area contributed by atoms with E-state index in [9.17, 15) is 0 Å². The second-order valence-electron chi connectivity index (χ2n) is 4.48. The topological polar surface area (TPSA) is 58.8 Å². The third-order valence-corrected chi connectivity index (χ3v) is 3.08. The number of nitriles is 1. The van der Waals surface area contributed by atoms with E-state index < -0.39 is 0 Å². The van der Waals surface area contributed by atoms with Gasteiger partial charge in [-0.05, 0) is 32.6 Å². The highest BCUT2D eigenvalue weighted by atomic mass is 16.5. The number of hydrogen-bond donors (Lipinski definition) is 0. The zero-order chi connectivity index (χ0) is 12.1. The van der Waals surface area contributed by atoms with Crippen molar-refractivity contribution in [1.29, 1.82) is 5.26 Å². The Labute approximate surface area is 102 Å². The molecule has 1 saturated carbocycles. The first-order valence-corrected chi connectivity index (χ1v) is 6.20. The van der Waals surface area contributed by atoms with Crippen molar-refractivity contribution in [2.45, 2.75) is 51.6 Å². The molecule has 0 atom stereocenters. The van der Waals surface area contributed by atoms with E-state index in [1.54, 1.807) is 6.92 Å². The molecule has 2 rings (SSSR count). The maximum absolute atomic E-state index is 8.98. The first-order chi connectivity index (χ1) is 8.29. The van der Waals surface area contributed by atoms with E-state index in [1.807, 2.05) is 0 Å². The summed E-state index contributed by atoms with van der Waals surface area (Å²) in [7, 11) is 0. The largest absolute Gasteiger partial charge is 0.473 e. The molecular weight excluding hydrogens is 214 g/mol. The third kappa shape index (κ3) is 3.16. The van der Waals surface area contributed by atoms with Crippen molar-refractivity contribution in [2.24, 2.45) is 0 Å². The van der Waals surface area contributed by atoms with E-state index in [-0.39, 0.29) is 6.10 Å². The van der Waals surface area contributed by atoms with Gasteiger partial charge >= 0.3 is 0 Å². The molecule has 4 heteroatoms. The molecule has 4 nitrogen and oxygen atoms in total. The summed E-state index contributed by atoms with van der Waals surface area (Å²) in [5, 5.41) is 8.98. The minimum atomic E-state index is 0.207. The maximum Gasteiger partial charge on any atom is 0.235 e. The van der Waals surface area contributed by atoms with Gasteiger partial charge in [-0.2, -0.15) is 10.2 Å². The van der Waals surface area contributed by atoms with Crippen LogP contribution in [0.25, 0.3) is 0 Å². The molecule has 1 aliphatic rings. The molecule has 1 aromatic heterocycles. The van der Waals surface area contributed by atoms with Crippen molar-refractivity contribution in [3.05, 3.63) is 17.6 Å². The van der Waals surface area contributed by atoms with Crippen LogP contribution in [0.4, 0.5) is 0 Å². The first kappa shape index (κ1) is 11.8. The Morgan fingerprint density at radius 2 is 2.00 bits per heavy atom. The second-order valence-corrected chi connectivity index (χ2v) is 4.48. The minimum Gasteiger partial charge on any atom is -0.473 e. The van der Waals surface area contributed by atoms with Crippen molar-refractivity contribution >= 4 is 0 Å². The van der Waals surface area contributed by atoms with Gasteiger partial charge in [0.05, 0.1) is 6.20 Å². The molecule has 1 aliphatic carbocycles. The quantitative estimate of drug-likeness (QED) is 0.734. The van der Waals surface area contributed by atoms with Crippen molar-refractivity contribution in [1.82, 2.24) is 9.97 Å². The maximum atomic E-state index is 8.98. The summed E-state index contributed by atoms with van der Waals surface area (Å²) in [6.45, 7) is 1.81. The SMILES string of the molecule is Cc1ncc(C#N)c(OC2CCCCCC2)n1. The fourth-order valence-corrected chi connectivity index (χ4v) is 2.13. The smallest absolute Gasteiger partial charge is 0.235 e. The number of hydrogen-bond acceptors (Lipinski definition) is 4. The normalized spacial score (nSPS) is 17.2. The fourth-order valence-electron chi connectivity index (χ4n) is 2.13. The molecular formula is C13H17N3O. The molecule has 0 amide bonds. The van der Waals surface area contributed by atoms with Crippen LogP contribution in [0.5, 0.6) is 5.88 Å². The second kappa shape index (κ2) is 5.62. The predicted octanol–water partition coefficient (Wildman–Crippen LogP) is 2.76. The molecule has 0 unspecified atom stereocenters. The van der Waals surface area contributed by atoms with Crippen molar-refractivity contribution in [3.63, 3.8) is 0 Å². The number of aryl methyl sites for hydroxylation is 1. The first-order valence-electron chi connectivity index (χ1n) is 6.20. The van der Waals surface area contributed by atoms with Gasteiger partial charge in [0.1, 0.15) is 23.6 Å². The van der Waals surface area contributed by atoms with E-state index >= 15 is 0 Å². The van der Waals surface area contributed by atoms with Crippen LogP contribution < -0.4 is 4.74 Å². The van der Waals surface area contributed by atoms with Crippen LogP contribution in [-0.4, -0.2) is 16.1 Å². The average molecular weight is 231 g/mol. The summed E-state index contributed by atoms with van der Waals surface area (Å²) in [6, 6.07) is 2.08. The standard InChI is InChI=1S/C13H17N3O/c1-10-15-9-11(8-14)13(16-10)17-12-6-4-2-3-5-7-12/h9,12H,2-7H2,1H3. The zero-order valence-electron chi connectivity index (χ0n) is 10.1. The molecule has 1 heterocycles. The number of aromatic nitrogens is 2. The van der Waals surface area contributed by atoms with Gasteiger partial charge < -0.3 is 4.74 Å². The van der Waals surface area contributed by atoms with Gasteiger partial charge in [0.15, 0.2) is 0 Å². The van der Waals surface area contributed by atoms with Crippen LogP contribution >= 0.6 is 0 Å². The average Bonchev–Trinajstić information content (AvgIpc) is 2.58.